The van der Waals surface area contributed by atoms with Gasteiger partial charge in [0.25, 0.3) is 0 Å². The summed E-state index contributed by atoms with van der Waals surface area (Å²) in [4.78, 5) is 2.53. The Morgan fingerprint density at radius 2 is 1.02 bits per heavy atom. The Kier molecular flexibility index (Phi) is 8.65. The van der Waals surface area contributed by atoms with Crippen LogP contribution in [0.5, 0.6) is 0 Å². The summed E-state index contributed by atoms with van der Waals surface area (Å²) in [5.41, 5.74) is 30.1. The maximum absolute atomic E-state index is 2.53. The van der Waals surface area contributed by atoms with Crippen LogP contribution < -0.4 is 4.90 Å². The molecule has 0 saturated heterocycles. The normalized spacial score (nSPS) is 15.6. The molecule has 65 heavy (non-hydrogen) atoms. The van der Waals surface area contributed by atoms with Crippen molar-refractivity contribution in [2.24, 2.45) is 0 Å². The number of hydrogen-bond acceptors (Lipinski definition) is 1. The predicted octanol–water partition coefficient (Wildman–Crippen LogP) is 16.9. The zero-order valence-corrected chi connectivity index (χ0v) is 37.0. The second-order valence-corrected chi connectivity index (χ2v) is 18.6. The van der Waals surface area contributed by atoms with Crippen molar-refractivity contribution in [2.45, 2.75) is 51.4 Å². The number of rotatable bonds is 6. The van der Waals surface area contributed by atoms with E-state index in [4.69, 9.17) is 0 Å². The lowest BCUT2D eigenvalue weighted by atomic mass is 9.70. The van der Waals surface area contributed by atoms with Gasteiger partial charge in [0.1, 0.15) is 0 Å². The Bertz CT molecular complexity index is 3380. The van der Waals surface area contributed by atoms with Gasteiger partial charge in [0.2, 0.25) is 0 Å². The molecule has 0 saturated carbocycles. The fraction of sp³-hybridized carbons (Fsp3) is 0.125. The summed E-state index contributed by atoms with van der Waals surface area (Å²) in [5.74, 6) is 0. The van der Waals surface area contributed by atoms with E-state index < -0.39 is 5.41 Å². The Hall–Kier alpha value is -7.48. The minimum Gasteiger partial charge on any atom is -0.310 e. The third-order valence-corrected chi connectivity index (χ3v) is 15.2. The van der Waals surface area contributed by atoms with Gasteiger partial charge in [-0.05, 0) is 176 Å². The molecule has 13 rings (SSSR count). The van der Waals surface area contributed by atoms with Crippen LogP contribution >= 0.6 is 0 Å². The van der Waals surface area contributed by atoms with Crippen molar-refractivity contribution in [3.63, 3.8) is 0 Å². The molecule has 0 aliphatic heterocycles. The van der Waals surface area contributed by atoms with Crippen molar-refractivity contribution in [1.82, 2.24) is 0 Å². The van der Waals surface area contributed by atoms with Gasteiger partial charge in [-0.1, -0.05) is 175 Å². The van der Waals surface area contributed by atoms with Gasteiger partial charge in [-0.2, -0.15) is 0 Å². The monoisotopic (exact) mass is 831 g/mol. The molecule has 1 heteroatoms. The molecular weight excluding hydrogens is 783 g/mol. The van der Waals surface area contributed by atoms with Crippen LogP contribution in [0.25, 0.3) is 55.7 Å². The van der Waals surface area contributed by atoms with Crippen molar-refractivity contribution >= 4 is 28.2 Å². The molecule has 0 fully saturated rings. The smallest absolute Gasteiger partial charge is 0.0726 e. The number of nitrogens with zero attached hydrogens (tertiary/aromatic N) is 1. The summed E-state index contributed by atoms with van der Waals surface area (Å²) >= 11 is 0. The van der Waals surface area contributed by atoms with Crippen LogP contribution in [0.4, 0.5) is 17.1 Å². The topological polar surface area (TPSA) is 3.24 Å². The van der Waals surface area contributed by atoms with E-state index in [1.165, 1.54) is 117 Å². The minimum absolute atomic E-state index is 0.419. The quantitative estimate of drug-likeness (QED) is 0.161. The highest BCUT2D eigenvalue weighted by atomic mass is 15.1. The molecule has 1 spiro atoms. The zero-order chi connectivity index (χ0) is 43.2. The van der Waals surface area contributed by atoms with Gasteiger partial charge in [-0.15, -0.1) is 0 Å². The van der Waals surface area contributed by atoms with E-state index in [1.54, 1.807) is 0 Å². The van der Waals surface area contributed by atoms with Crippen molar-refractivity contribution in [3.05, 3.63) is 256 Å². The SMILES string of the molecule is CC1=C(c2cccc3c2Cc2c(-c4ccc(N(c5ccc(C6=CCCC=C6)cc5)c5cccc6c5-c5ccccc5C65c6ccccc6-c6ccccc65)cc4C)cccc2-3)C=CCC1. The van der Waals surface area contributed by atoms with Crippen LogP contribution in [0.15, 0.2) is 206 Å². The zero-order valence-electron chi connectivity index (χ0n) is 37.0. The first kappa shape index (κ1) is 38.0. The maximum atomic E-state index is 2.53. The third-order valence-electron chi connectivity index (χ3n) is 15.2. The Morgan fingerprint density at radius 3 is 1.69 bits per heavy atom. The molecule has 0 heterocycles. The number of anilines is 3. The van der Waals surface area contributed by atoms with Gasteiger partial charge in [0, 0.05) is 16.9 Å². The van der Waals surface area contributed by atoms with Gasteiger partial charge >= 0.3 is 0 Å². The fourth-order valence-corrected chi connectivity index (χ4v) is 12.3. The van der Waals surface area contributed by atoms with Gasteiger partial charge in [-0.25, -0.2) is 0 Å². The van der Waals surface area contributed by atoms with Crippen LogP contribution in [0.1, 0.15) is 82.7 Å². The summed E-state index contributed by atoms with van der Waals surface area (Å²) in [6, 6.07) is 64.8. The molecule has 0 unspecified atom stereocenters. The third kappa shape index (κ3) is 5.58. The van der Waals surface area contributed by atoms with Crippen LogP contribution in [0.3, 0.4) is 0 Å². The molecule has 310 valence electrons. The summed E-state index contributed by atoms with van der Waals surface area (Å²) in [6.07, 6.45) is 17.1. The van der Waals surface area contributed by atoms with Crippen LogP contribution in [-0.4, -0.2) is 0 Å². The number of hydrogen-bond donors (Lipinski definition) is 0. The van der Waals surface area contributed by atoms with Gasteiger partial charge < -0.3 is 4.90 Å². The van der Waals surface area contributed by atoms with Gasteiger partial charge in [0.05, 0.1) is 11.1 Å². The van der Waals surface area contributed by atoms with Gasteiger partial charge in [-0.3, -0.25) is 0 Å². The average molecular weight is 832 g/mol. The largest absolute Gasteiger partial charge is 0.310 e. The maximum Gasteiger partial charge on any atom is 0.0726 e. The highest BCUT2D eigenvalue weighted by Gasteiger charge is 2.52. The molecule has 5 aliphatic carbocycles. The van der Waals surface area contributed by atoms with E-state index in [9.17, 15) is 0 Å². The number of aryl methyl sites for hydroxylation is 1. The van der Waals surface area contributed by atoms with E-state index in [1.807, 2.05) is 0 Å². The molecule has 0 aromatic heterocycles. The number of benzene rings is 8. The van der Waals surface area contributed by atoms with Crippen molar-refractivity contribution < 1.29 is 0 Å². The minimum atomic E-state index is -0.419. The van der Waals surface area contributed by atoms with Gasteiger partial charge in [0.15, 0.2) is 0 Å². The summed E-state index contributed by atoms with van der Waals surface area (Å²) in [6.45, 7) is 4.62. The van der Waals surface area contributed by atoms with Crippen LogP contribution in [0, 0.1) is 6.92 Å². The molecule has 0 radical (unpaired) electrons. The Balaban J connectivity index is 0.981. The molecule has 0 bridgehead atoms. The van der Waals surface area contributed by atoms with Crippen LogP contribution in [0.2, 0.25) is 0 Å². The van der Waals surface area contributed by atoms with E-state index in [-0.39, 0.29) is 0 Å². The molecule has 0 N–H and O–H groups in total. The van der Waals surface area contributed by atoms with E-state index >= 15 is 0 Å². The number of allylic oxidation sites excluding steroid dienone is 8. The lowest BCUT2D eigenvalue weighted by molar-refractivity contribution is 0.794. The van der Waals surface area contributed by atoms with Crippen molar-refractivity contribution in [1.29, 1.82) is 0 Å². The summed E-state index contributed by atoms with van der Waals surface area (Å²) < 4.78 is 0. The first-order valence-corrected chi connectivity index (χ1v) is 23.5. The second kappa shape index (κ2) is 14.8. The molecular formula is C64H49N. The first-order chi connectivity index (χ1) is 32.1. The molecule has 0 amide bonds. The fourth-order valence-electron chi connectivity index (χ4n) is 12.3. The number of fused-ring (bicyclic) bond motifs is 13. The molecule has 1 nitrogen and oxygen atoms in total. The lowest BCUT2D eigenvalue weighted by Gasteiger charge is -2.32. The second-order valence-electron chi connectivity index (χ2n) is 18.6. The summed E-state index contributed by atoms with van der Waals surface area (Å²) in [7, 11) is 0. The Morgan fingerprint density at radius 1 is 0.446 bits per heavy atom. The highest BCUT2D eigenvalue weighted by molar-refractivity contribution is 6.01. The first-order valence-electron chi connectivity index (χ1n) is 23.5. The highest BCUT2D eigenvalue weighted by Crippen LogP contribution is 2.64. The average Bonchev–Trinajstić information content (AvgIpc) is 4.00. The van der Waals surface area contributed by atoms with Crippen molar-refractivity contribution in [3.8, 4) is 44.5 Å². The predicted molar refractivity (Wildman–Crippen MR) is 273 cm³/mol. The standard InChI is InChI=1S/C64H49N/c1-41-17-6-7-20-47(41)49-24-14-26-51-52-27-15-25-50(57(52)40-56(49)51)48-38-37-46(39-42(48)2)65(45-35-33-44(34-36-45)43-18-4-3-5-19-43)62-32-16-31-61-63(62)55-23-10-13-30-60(55)64(61)58-28-11-8-21-53(58)54-22-9-12-29-59(54)64/h4,7-16,18-39H,3,5-6,17,40H2,1-2H3. The van der Waals surface area contributed by atoms with Crippen molar-refractivity contribution in [2.75, 3.05) is 4.90 Å². The van der Waals surface area contributed by atoms with Crippen LogP contribution in [-0.2, 0) is 11.8 Å². The lowest BCUT2D eigenvalue weighted by Crippen LogP contribution is -2.26. The summed E-state index contributed by atoms with van der Waals surface area (Å²) in [5, 5.41) is 0. The Labute approximate surface area is 383 Å². The molecule has 0 atom stereocenters. The molecule has 8 aromatic rings. The molecule has 5 aliphatic rings. The van der Waals surface area contributed by atoms with E-state index in [0.717, 1.165) is 43.5 Å². The van der Waals surface area contributed by atoms with E-state index in [0.29, 0.717) is 0 Å². The molecule has 8 aromatic carbocycles. The van der Waals surface area contributed by atoms with E-state index in [2.05, 4.69) is 219 Å².